The van der Waals surface area contributed by atoms with E-state index in [-0.39, 0.29) is 6.10 Å². The molecule has 2 aromatic rings. The number of hydrogen-bond acceptors (Lipinski definition) is 3. The second kappa shape index (κ2) is 11.7. The lowest BCUT2D eigenvalue weighted by molar-refractivity contribution is 0.0930. The molecule has 1 unspecified atom stereocenters. The van der Waals surface area contributed by atoms with Gasteiger partial charge in [0.2, 0.25) is 0 Å². The topological polar surface area (TPSA) is 37.6 Å². The van der Waals surface area contributed by atoms with E-state index < -0.39 is 0 Å². The summed E-state index contributed by atoms with van der Waals surface area (Å²) in [6, 6.07) is 14.8. The zero-order chi connectivity index (χ0) is 18.6. The van der Waals surface area contributed by atoms with E-state index in [1.54, 1.807) is 7.11 Å². The van der Waals surface area contributed by atoms with Crippen molar-refractivity contribution in [1.29, 1.82) is 0 Å². The Morgan fingerprint density at radius 1 is 1.23 bits per heavy atom. The summed E-state index contributed by atoms with van der Waals surface area (Å²) in [7, 11) is 1.73. The average Bonchev–Trinajstić information content (AvgIpc) is 3.07. The molecule has 2 rings (SSSR count). The molecule has 1 atom stereocenters. The van der Waals surface area contributed by atoms with Crippen molar-refractivity contribution in [2.24, 2.45) is 0 Å². The monoisotopic (exact) mass is 356 g/mol. The zero-order valence-corrected chi connectivity index (χ0v) is 15.9. The summed E-state index contributed by atoms with van der Waals surface area (Å²) in [4.78, 5) is 2.32. The zero-order valence-electron chi connectivity index (χ0n) is 15.9. The Morgan fingerprint density at radius 3 is 2.77 bits per heavy atom. The van der Waals surface area contributed by atoms with Gasteiger partial charge in [-0.1, -0.05) is 36.4 Å². The Hall–Kier alpha value is -1.88. The van der Waals surface area contributed by atoms with Crippen molar-refractivity contribution in [1.82, 2.24) is 9.47 Å². The number of allylic oxidation sites excluding steroid dienone is 1. The third kappa shape index (κ3) is 7.16. The molecule has 0 amide bonds. The SMILES string of the molecule is C=CCCC(O)CN(CCCOC)Cc1cccn1Cc1ccccc1. The molecule has 4 nitrogen and oxygen atoms in total. The van der Waals surface area contributed by atoms with Crippen molar-refractivity contribution in [3.63, 3.8) is 0 Å². The Kier molecular flexibility index (Phi) is 9.18. The number of benzene rings is 1. The van der Waals surface area contributed by atoms with Gasteiger partial charge < -0.3 is 14.4 Å². The van der Waals surface area contributed by atoms with Crippen molar-refractivity contribution in [2.75, 3.05) is 26.8 Å². The van der Waals surface area contributed by atoms with Crippen LogP contribution in [0.2, 0.25) is 0 Å². The van der Waals surface area contributed by atoms with Gasteiger partial charge in [0.25, 0.3) is 0 Å². The molecule has 26 heavy (non-hydrogen) atoms. The van der Waals surface area contributed by atoms with Gasteiger partial charge in [-0.3, -0.25) is 4.90 Å². The fraction of sp³-hybridized carbons (Fsp3) is 0.455. The van der Waals surface area contributed by atoms with E-state index in [0.717, 1.165) is 45.5 Å². The van der Waals surface area contributed by atoms with Crippen LogP contribution in [0.4, 0.5) is 0 Å². The normalized spacial score (nSPS) is 12.4. The summed E-state index contributed by atoms with van der Waals surface area (Å²) < 4.78 is 7.48. The fourth-order valence-corrected chi connectivity index (χ4v) is 3.12. The van der Waals surface area contributed by atoms with Crippen molar-refractivity contribution in [3.05, 3.63) is 72.6 Å². The highest BCUT2D eigenvalue weighted by Gasteiger charge is 2.14. The van der Waals surface area contributed by atoms with E-state index in [4.69, 9.17) is 4.74 Å². The van der Waals surface area contributed by atoms with E-state index in [1.165, 1.54) is 11.3 Å². The Morgan fingerprint density at radius 2 is 2.04 bits per heavy atom. The predicted molar refractivity (Wildman–Crippen MR) is 107 cm³/mol. The molecule has 0 bridgehead atoms. The molecule has 142 valence electrons. The van der Waals surface area contributed by atoms with Crippen molar-refractivity contribution >= 4 is 0 Å². The summed E-state index contributed by atoms with van der Waals surface area (Å²) in [6.45, 7) is 7.76. The molecule has 0 saturated carbocycles. The van der Waals surface area contributed by atoms with Gasteiger partial charge in [-0.15, -0.1) is 6.58 Å². The largest absolute Gasteiger partial charge is 0.392 e. The van der Waals surface area contributed by atoms with Crippen LogP contribution in [0.15, 0.2) is 61.3 Å². The molecule has 1 aromatic heterocycles. The fourth-order valence-electron chi connectivity index (χ4n) is 3.12. The third-order valence-electron chi connectivity index (χ3n) is 4.50. The summed E-state index contributed by atoms with van der Waals surface area (Å²) in [5.41, 5.74) is 2.56. The smallest absolute Gasteiger partial charge is 0.0670 e. The maximum atomic E-state index is 10.3. The lowest BCUT2D eigenvalue weighted by Crippen LogP contribution is -2.34. The molecule has 1 N–H and O–H groups in total. The molecule has 0 radical (unpaired) electrons. The highest BCUT2D eigenvalue weighted by atomic mass is 16.5. The van der Waals surface area contributed by atoms with Gasteiger partial charge in [0.05, 0.1) is 6.10 Å². The first-order valence-electron chi connectivity index (χ1n) is 9.41. The van der Waals surface area contributed by atoms with E-state index in [9.17, 15) is 5.11 Å². The van der Waals surface area contributed by atoms with Gasteiger partial charge in [0, 0.05) is 51.8 Å². The number of methoxy groups -OCH3 is 1. The number of aliphatic hydroxyl groups excluding tert-OH is 1. The minimum atomic E-state index is -0.326. The van der Waals surface area contributed by atoms with Crippen LogP contribution >= 0.6 is 0 Å². The molecular weight excluding hydrogens is 324 g/mol. The van der Waals surface area contributed by atoms with Crippen LogP contribution in [0.5, 0.6) is 0 Å². The molecule has 0 spiro atoms. The van der Waals surface area contributed by atoms with Gasteiger partial charge in [-0.05, 0) is 37.0 Å². The number of aromatic nitrogens is 1. The van der Waals surface area contributed by atoms with Crippen LogP contribution in [-0.2, 0) is 17.8 Å². The second-order valence-electron chi connectivity index (χ2n) is 6.71. The maximum absolute atomic E-state index is 10.3. The van der Waals surface area contributed by atoms with Crippen LogP contribution in [0, 0.1) is 0 Å². The van der Waals surface area contributed by atoms with Crippen LogP contribution in [0.1, 0.15) is 30.5 Å². The Bertz CT molecular complexity index is 624. The first-order chi connectivity index (χ1) is 12.7. The minimum absolute atomic E-state index is 0.326. The lowest BCUT2D eigenvalue weighted by Gasteiger charge is -2.25. The molecule has 4 heteroatoms. The number of rotatable bonds is 13. The minimum Gasteiger partial charge on any atom is -0.392 e. The van der Waals surface area contributed by atoms with E-state index in [0.29, 0.717) is 6.54 Å². The highest BCUT2D eigenvalue weighted by Crippen LogP contribution is 2.12. The van der Waals surface area contributed by atoms with E-state index in [1.807, 2.05) is 12.1 Å². The highest BCUT2D eigenvalue weighted by molar-refractivity contribution is 5.17. The summed E-state index contributed by atoms with van der Waals surface area (Å²) in [5.74, 6) is 0. The number of hydrogen-bond donors (Lipinski definition) is 1. The number of ether oxygens (including phenoxy) is 1. The van der Waals surface area contributed by atoms with Gasteiger partial charge in [0.15, 0.2) is 0 Å². The second-order valence-corrected chi connectivity index (χ2v) is 6.71. The van der Waals surface area contributed by atoms with Crippen LogP contribution in [0.3, 0.4) is 0 Å². The van der Waals surface area contributed by atoms with E-state index in [2.05, 4.69) is 58.6 Å². The van der Waals surface area contributed by atoms with Gasteiger partial charge in [0.1, 0.15) is 0 Å². The Balaban J connectivity index is 1.99. The van der Waals surface area contributed by atoms with Crippen LogP contribution < -0.4 is 0 Å². The van der Waals surface area contributed by atoms with Gasteiger partial charge in [-0.25, -0.2) is 0 Å². The summed E-state index contributed by atoms with van der Waals surface area (Å²) in [5, 5.41) is 10.3. The van der Waals surface area contributed by atoms with Crippen molar-refractivity contribution in [3.8, 4) is 0 Å². The molecule has 0 fully saturated rings. The molecule has 1 heterocycles. The lowest BCUT2D eigenvalue weighted by atomic mass is 10.1. The first-order valence-corrected chi connectivity index (χ1v) is 9.41. The standard InChI is InChI=1S/C22H32N2O2/c1-3-4-13-22(25)19-23(14-9-16-26-2)18-21-12-8-15-24(21)17-20-10-6-5-7-11-20/h3,5-8,10-12,15,22,25H,1,4,9,13-14,16-19H2,2H3. The van der Waals surface area contributed by atoms with Crippen LogP contribution in [0.25, 0.3) is 0 Å². The predicted octanol–water partition coefficient (Wildman–Crippen LogP) is 3.70. The molecule has 0 aliphatic carbocycles. The number of aliphatic hydroxyl groups is 1. The van der Waals surface area contributed by atoms with Gasteiger partial charge >= 0.3 is 0 Å². The molecule has 0 aliphatic heterocycles. The number of nitrogens with zero attached hydrogens (tertiary/aromatic N) is 2. The molecular formula is C22H32N2O2. The third-order valence-corrected chi connectivity index (χ3v) is 4.50. The summed E-state index contributed by atoms with van der Waals surface area (Å²) in [6.07, 6.45) is 6.23. The molecule has 1 aromatic carbocycles. The Labute approximate surface area is 157 Å². The van der Waals surface area contributed by atoms with Crippen LogP contribution in [-0.4, -0.2) is 47.5 Å². The molecule has 0 saturated heterocycles. The van der Waals surface area contributed by atoms with Crippen molar-refractivity contribution < 1.29 is 9.84 Å². The quantitative estimate of drug-likeness (QED) is 0.439. The average molecular weight is 357 g/mol. The first kappa shape index (κ1) is 20.4. The van der Waals surface area contributed by atoms with Gasteiger partial charge in [-0.2, -0.15) is 0 Å². The van der Waals surface area contributed by atoms with E-state index >= 15 is 0 Å². The molecule has 0 aliphatic rings. The maximum Gasteiger partial charge on any atom is 0.0670 e. The summed E-state index contributed by atoms with van der Waals surface area (Å²) >= 11 is 0. The van der Waals surface area contributed by atoms with Crippen molar-refractivity contribution in [2.45, 2.75) is 38.5 Å².